The molecule has 4 heteroatoms. The summed E-state index contributed by atoms with van der Waals surface area (Å²) in [6, 6.07) is 6.23. The first-order valence-electron chi connectivity index (χ1n) is 7.62. The number of aryl methyl sites for hydroxylation is 1. The number of rotatable bonds is 3. The number of nitrogens with two attached hydrogens (primary N) is 1. The van der Waals surface area contributed by atoms with E-state index in [4.69, 9.17) is 22.3 Å². The zero-order chi connectivity index (χ0) is 14.1. The van der Waals surface area contributed by atoms with Gasteiger partial charge in [-0.25, -0.2) is 4.98 Å². The van der Waals surface area contributed by atoms with Gasteiger partial charge in [0.15, 0.2) is 0 Å². The maximum absolute atomic E-state index is 6.35. The van der Waals surface area contributed by atoms with Crippen molar-refractivity contribution in [1.29, 1.82) is 0 Å². The van der Waals surface area contributed by atoms with E-state index in [0.29, 0.717) is 5.92 Å². The third-order valence-corrected chi connectivity index (χ3v) is 4.57. The predicted octanol–water partition coefficient (Wildman–Crippen LogP) is 4.08. The highest BCUT2D eigenvalue weighted by molar-refractivity contribution is 6.31. The summed E-state index contributed by atoms with van der Waals surface area (Å²) in [4.78, 5) is 4.86. The Morgan fingerprint density at radius 1 is 1.35 bits per heavy atom. The van der Waals surface area contributed by atoms with Crippen LogP contribution in [0.4, 0.5) is 0 Å². The lowest BCUT2D eigenvalue weighted by Gasteiger charge is -2.28. The number of halogens is 1. The van der Waals surface area contributed by atoms with Crippen LogP contribution >= 0.6 is 11.6 Å². The van der Waals surface area contributed by atoms with Crippen molar-refractivity contribution in [2.24, 2.45) is 5.73 Å². The Morgan fingerprint density at radius 2 is 2.15 bits per heavy atom. The summed E-state index contributed by atoms with van der Waals surface area (Å²) in [5.74, 6) is 1.55. The van der Waals surface area contributed by atoms with Crippen molar-refractivity contribution in [2.45, 2.75) is 57.5 Å². The van der Waals surface area contributed by atoms with Gasteiger partial charge in [-0.2, -0.15) is 0 Å². The number of hydrogen-bond donors (Lipinski definition) is 1. The molecule has 3 nitrogen and oxygen atoms in total. The molecule has 0 amide bonds. The largest absolute Gasteiger partial charge is 0.328 e. The number of nitrogens with zero attached hydrogens (tertiary/aromatic N) is 2. The van der Waals surface area contributed by atoms with Gasteiger partial charge in [-0.3, -0.25) is 0 Å². The second-order valence-electron chi connectivity index (χ2n) is 5.81. The highest BCUT2D eigenvalue weighted by Gasteiger charge is 2.28. The van der Waals surface area contributed by atoms with Gasteiger partial charge in [-0.1, -0.05) is 31.4 Å². The molecular formula is C16H22ClN3. The minimum Gasteiger partial charge on any atom is -0.328 e. The summed E-state index contributed by atoms with van der Waals surface area (Å²) in [6.45, 7) is 3.20. The molecule has 3 rings (SSSR count). The molecule has 1 aliphatic rings. The van der Waals surface area contributed by atoms with Crippen LogP contribution in [0.5, 0.6) is 0 Å². The lowest BCUT2D eigenvalue weighted by molar-refractivity contribution is 0.364. The van der Waals surface area contributed by atoms with Crippen LogP contribution < -0.4 is 5.73 Å². The first kappa shape index (κ1) is 13.9. The number of benzene rings is 1. The average Bonchev–Trinajstić information content (AvgIpc) is 2.77. The Morgan fingerprint density at radius 3 is 2.90 bits per heavy atom. The van der Waals surface area contributed by atoms with Gasteiger partial charge in [-0.05, 0) is 37.5 Å². The quantitative estimate of drug-likeness (QED) is 0.926. The van der Waals surface area contributed by atoms with Crippen molar-refractivity contribution >= 4 is 22.6 Å². The summed E-state index contributed by atoms with van der Waals surface area (Å²) in [7, 11) is 0. The van der Waals surface area contributed by atoms with E-state index in [1.807, 2.05) is 12.1 Å². The Balaban J connectivity index is 2.10. The molecule has 0 aliphatic heterocycles. The molecule has 1 heterocycles. The van der Waals surface area contributed by atoms with E-state index in [1.54, 1.807) is 0 Å². The maximum atomic E-state index is 6.35. The fourth-order valence-electron chi connectivity index (χ4n) is 3.34. The number of hydrogen-bond acceptors (Lipinski definition) is 2. The minimum atomic E-state index is 0.242. The van der Waals surface area contributed by atoms with Crippen LogP contribution in [-0.2, 0) is 6.54 Å². The van der Waals surface area contributed by atoms with Crippen LogP contribution in [-0.4, -0.2) is 15.6 Å². The van der Waals surface area contributed by atoms with E-state index in [1.165, 1.54) is 18.4 Å². The van der Waals surface area contributed by atoms with Crippen molar-refractivity contribution in [3.63, 3.8) is 0 Å². The summed E-state index contributed by atoms with van der Waals surface area (Å²) in [5, 5.41) is 0.748. The lowest BCUT2D eigenvalue weighted by atomic mass is 9.84. The van der Waals surface area contributed by atoms with Crippen LogP contribution in [0.3, 0.4) is 0 Å². The van der Waals surface area contributed by atoms with Gasteiger partial charge in [0, 0.05) is 23.5 Å². The Bertz CT molecular complexity index is 605. The zero-order valence-electron chi connectivity index (χ0n) is 12.0. The smallest absolute Gasteiger partial charge is 0.114 e. The molecule has 20 heavy (non-hydrogen) atoms. The predicted molar refractivity (Wildman–Crippen MR) is 84.2 cm³/mol. The molecule has 2 aromatic rings. The van der Waals surface area contributed by atoms with Gasteiger partial charge in [0.05, 0.1) is 11.0 Å². The van der Waals surface area contributed by atoms with Crippen LogP contribution in [0, 0.1) is 0 Å². The fraction of sp³-hybridized carbons (Fsp3) is 0.562. The second-order valence-corrected chi connectivity index (χ2v) is 6.25. The zero-order valence-corrected chi connectivity index (χ0v) is 12.7. The Hall–Kier alpha value is -1.06. The topological polar surface area (TPSA) is 43.8 Å². The van der Waals surface area contributed by atoms with Gasteiger partial charge in [0.25, 0.3) is 0 Å². The standard InChI is InChI=1S/C16H22ClN3/c1-2-9-20-15-8-7-11(17)10-14(15)19-16(20)12-5-3-4-6-13(12)18/h7-8,10,12-13H,2-6,9,18H2,1H3. The van der Waals surface area contributed by atoms with Crippen molar-refractivity contribution in [3.8, 4) is 0 Å². The number of aromatic nitrogens is 2. The fourth-order valence-corrected chi connectivity index (χ4v) is 3.51. The summed E-state index contributed by atoms with van der Waals surface area (Å²) >= 11 is 6.10. The van der Waals surface area contributed by atoms with Crippen molar-refractivity contribution in [3.05, 3.63) is 29.0 Å². The van der Waals surface area contributed by atoms with Gasteiger partial charge in [0.1, 0.15) is 5.82 Å². The molecule has 2 unspecified atom stereocenters. The van der Waals surface area contributed by atoms with E-state index in [-0.39, 0.29) is 6.04 Å². The summed E-state index contributed by atoms with van der Waals surface area (Å²) in [5.41, 5.74) is 8.53. The van der Waals surface area contributed by atoms with Crippen molar-refractivity contribution in [1.82, 2.24) is 9.55 Å². The number of imidazole rings is 1. The summed E-state index contributed by atoms with van der Waals surface area (Å²) in [6.07, 6.45) is 5.87. The molecule has 108 valence electrons. The van der Waals surface area contributed by atoms with Gasteiger partial charge in [0.2, 0.25) is 0 Å². The molecule has 1 aromatic heterocycles. The molecule has 1 saturated carbocycles. The Kier molecular flexibility index (Phi) is 3.99. The Labute approximate surface area is 125 Å². The van der Waals surface area contributed by atoms with E-state index < -0.39 is 0 Å². The van der Waals surface area contributed by atoms with E-state index in [2.05, 4.69) is 17.6 Å². The molecule has 0 radical (unpaired) electrons. The van der Waals surface area contributed by atoms with Gasteiger partial charge < -0.3 is 10.3 Å². The average molecular weight is 292 g/mol. The molecule has 0 bridgehead atoms. The molecular weight excluding hydrogens is 270 g/mol. The molecule has 1 aliphatic carbocycles. The monoisotopic (exact) mass is 291 g/mol. The highest BCUT2D eigenvalue weighted by Crippen LogP contribution is 2.34. The van der Waals surface area contributed by atoms with E-state index >= 15 is 0 Å². The van der Waals surface area contributed by atoms with Crippen molar-refractivity contribution in [2.75, 3.05) is 0 Å². The molecule has 0 spiro atoms. The van der Waals surface area contributed by atoms with Gasteiger partial charge in [-0.15, -0.1) is 0 Å². The van der Waals surface area contributed by atoms with Crippen LogP contribution in [0.15, 0.2) is 18.2 Å². The van der Waals surface area contributed by atoms with Crippen LogP contribution in [0.25, 0.3) is 11.0 Å². The third-order valence-electron chi connectivity index (χ3n) is 4.34. The second kappa shape index (κ2) is 5.74. The molecule has 1 fully saturated rings. The first-order valence-corrected chi connectivity index (χ1v) is 7.99. The van der Waals surface area contributed by atoms with E-state index in [0.717, 1.165) is 42.2 Å². The normalized spacial score (nSPS) is 23.4. The first-order chi connectivity index (χ1) is 9.70. The van der Waals surface area contributed by atoms with Crippen LogP contribution in [0.1, 0.15) is 50.8 Å². The minimum absolute atomic E-state index is 0.242. The van der Waals surface area contributed by atoms with E-state index in [9.17, 15) is 0 Å². The van der Waals surface area contributed by atoms with Crippen molar-refractivity contribution < 1.29 is 0 Å². The summed E-state index contributed by atoms with van der Waals surface area (Å²) < 4.78 is 2.35. The molecule has 2 N–H and O–H groups in total. The van der Waals surface area contributed by atoms with Crippen LogP contribution in [0.2, 0.25) is 5.02 Å². The van der Waals surface area contributed by atoms with Gasteiger partial charge >= 0.3 is 0 Å². The number of fused-ring (bicyclic) bond motifs is 1. The molecule has 0 saturated heterocycles. The molecule has 1 aromatic carbocycles. The third kappa shape index (κ3) is 2.45. The SMILES string of the molecule is CCCn1c(C2CCCCC2N)nc2cc(Cl)ccc21. The molecule has 2 atom stereocenters. The highest BCUT2D eigenvalue weighted by atomic mass is 35.5. The lowest BCUT2D eigenvalue weighted by Crippen LogP contribution is -2.33. The maximum Gasteiger partial charge on any atom is 0.114 e.